The Hall–Kier alpha value is -3.04. The molecule has 4 rings (SSSR count). The van der Waals surface area contributed by atoms with Gasteiger partial charge in [-0.1, -0.05) is 56.8 Å². The molecule has 0 aromatic heterocycles. The summed E-state index contributed by atoms with van der Waals surface area (Å²) in [6, 6.07) is 13.9. The first-order valence-electron chi connectivity index (χ1n) is 10.9. The van der Waals surface area contributed by atoms with Crippen molar-refractivity contribution in [1.29, 1.82) is 0 Å². The first-order chi connectivity index (χ1) is 17.7. The van der Waals surface area contributed by atoms with Gasteiger partial charge in [0.1, 0.15) is 12.2 Å². The highest BCUT2D eigenvalue weighted by Gasteiger charge is 2.36. The number of hydrogen-bond donors (Lipinski definition) is 1. The van der Waals surface area contributed by atoms with Crippen molar-refractivity contribution < 1.29 is 23.9 Å². The molecule has 37 heavy (non-hydrogen) atoms. The molecule has 0 radical (unpaired) electrons. The van der Waals surface area contributed by atoms with Crippen molar-refractivity contribution in [2.75, 3.05) is 11.5 Å². The number of nitrogens with zero attached hydrogens (tertiary/aromatic N) is 1. The topological polar surface area (TPSA) is 84.9 Å². The number of carbonyl (C=O) groups excluding carboxylic acids is 3. The molecular formula is C26H18BrCl3N2O5. The van der Waals surface area contributed by atoms with Crippen LogP contribution in [0.5, 0.6) is 11.5 Å². The summed E-state index contributed by atoms with van der Waals surface area (Å²) in [7, 11) is 0. The van der Waals surface area contributed by atoms with E-state index in [1.165, 1.54) is 12.1 Å². The number of urea groups is 1. The summed E-state index contributed by atoms with van der Waals surface area (Å²) in [5.74, 6) is -1.00. The van der Waals surface area contributed by atoms with Gasteiger partial charge in [-0.25, -0.2) is 9.69 Å². The van der Waals surface area contributed by atoms with Crippen molar-refractivity contribution in [3.63, 3.8) is 0 Å². The molecule has 1 aliphatic heterocycles. The molecule has 1 heterocycles. The van der Waals surface area contributed by atoms with Crippen LogP contribution >= 0.6 is 50.7 Å². The lowest BCUT2D eigenvalue weighted by Gasteiger charge is -2.26. The van der Waals surface area contributed by atoms with E-state index in [2.05, 4.69) is 21.2 Å². The van der Waals surface area contributed by atoms with Crippen molar-refractivity contribution in [2.24, 2.45) is 0 Å². The second kappa shape index (κ2) is 11.6. The average Bonchev–Trinajstić information content (AvgIpc) is 2.84. The molecule has 1 saturated heterocycles. The molecule has 1 fully saturated rings. The van der Waals surface area contributed by atoms with E-state index in [9.17, 15) is 14.4 Å². The molecule has 7 nitrogen and oxygen atoms in total. The highest BCUT2D eigenvalue weighted by Crippen LogP contribution is 2.38. The highest BCUT2D eigenvalue weighted by atomic mass is 79.9. The van der Waals surface area contributed by atoms with Gasteiger partial charge in [-0.3, -0.25) is 14.9 Å². The van der Waals surface area contributed by atoms with Gasteiger partial charge in [-0.05, 0) is 72.7 Å². The fourth-order valence-corrected chi connectivity index (χ4v) is 4.37. The van der Waals surface area contributed by atoms with Gasteiger partial charge in [0, 0.05) is 4.47 Å². The Kier molecular flexibility index (Phi) is 8.44. The Labute approximate surface area is 236 Å². The Bertz CT molecular complexity index is 1430. The molecule has 1 aliphatic rings. The maximum atomic E-state index is 13.2. The lowest BCUT2D eigenvalue weighted by atomic mass is 10.1. The fraction of sp³-hybridized carbons (Fsp3) is 0.115. The second-order valence-corrected chi connectivity index (χ2v) is 9.87. The number of nitrogens with one attached hydrogen (secondary N) is 1. The Balaban J connectivity index is 1.65. The first-order valence-corrected chi connectivity index (χ1v) is 12.8. The van der Waals surface area contributed by atoms with Crippen molar-refractivity contribution in [2.45, 2.75) is 13.5 Å². The Morgan fingerprint density at radius 2 is 1.65 bits per heavy atom. The summed E-state index contributed by atoms with van der Waals surface area (Å²) in [5, 5.41) is 3.21. The zero-order valence-corrected chi connectivity index (χ0v) is 23.0. The fourth-order valence-electron chi connectivity index (χ4n) is 3.51. The largest absolute Gasteiger partial charge is 0.490 e. The van der Waals surface area contributed by atoms with E-state index < -0.39 is 17.8 Å². The smallest absolute Gasteiger partial charge is 0.335 e. The van der Waals surface area contributed by atoms with E-state index in [1.54, 1.807) is 55.5 Å². The molecule has 0 bridgehead atoms. The monoisotopic (exact) mass is 622 g/mol. The first kappa shape index (κ1) is 27.0. The second-order valence-electron chi connectivity index (χ2n) is 7.73. The summed E-state index contributed by atoms with van der Waals surface area (Å²) in [4.78, 5) is 39.0. The van der Waals surface area contributed by atoms with Gasteiger partial charge in [0.2, 0.25) is 0 Å². The van der Waals surface area contributed by atoms with Crippen molar-refractivity contribution in [3.05, 3.63) is 90.8 Å². The third-order valence-corrected chi connectivity index (χ3v) is 6.74. The lowest BCUT2D eigenvalue weighted by Crippen LogP contribution is -2.54. The number of imide groups is 2. The van der Waals surface area contributed by atoms with Crippen LogP contribution in [0.15, 0.2) is 64.6 Å². The third-order valence-electron chi connectivity index (χ3n) is 5.20. The van der Waals surface area contributed by atoms with Gasteiger partial charge in [-0.2, -0.15) is 0 Å². The van der Waals surface area contributed by atoms with Crippen LogP contribution in [-0.2, 0) is 16.2 Å². The molecule has 0 spiro atoms. The maximum Gasteiger partial charge on any atom is 0.335 e. The summed E-state index contributed by atoms with van der Waals surface area (Å²) >= 11 is 21.9. The average molecular weight is 625 g/mol. The van der Waals surface area contributed by atoms with Gasteiger partial charge in [-0.15, -0.1) is 0 Å². The van der Waals surface area contributed by atoms with Crippen molar-refractivity contribution >= 4 is 80.3 Å². The van der Waals surface area contributed by atoms with Crippen LogP contribution in [0.2, 0.25) is 15.1 Å². The normalized spacial score (nSPS) is 14.7. The van der Waals surface area contributed by atoms with E-state index >= 15 is 0 Å². The number of halogens is 4. The number of ether oxygens (including phenoxy) is 2. The minimum atomic E-state index is -0.839. The quantitative estimate of drug-likeness (QED) is 0.225. The molecule has 3 aromatic carbocycles. The minimum Gasteiger partial charge on any atom is -0.490 e. The lowest BCUT2D eigenvalue weighted by molar-refractivity contribution is -0.122. The van der Waals surface area contributed by atoms with Crippen LogP contribution in [0.1, 0.15) is 18.1 Å². The zero-order chi connectivity index (χ0) is 26.7. The summed E-state index contributed by atoms with van der Waals surface area (Å²) in [5.41, 5.74) is 1.23. The number of rotatable bonds is 7. The number of anilines is 1. The number of barbiturate groups is 1. The molecule has 4 amide bonds. The molecule has 0 unspecified atom stereocenters. The standard InChI is InChI=1S/C26H18BrCl3N2O5/c1-2-36-22-12-15(11-21(30)23(22)37-13-14-3-8-19(28)20(29)10-14)9-18-24(33)31-26(35)32(25(18)34)17-6-4-16(27)5-7-17/h3-12H,2,13H2,1H3,(H,31,33,35)/b18-9+. The molecular weight excluding hydrogens is 607 g/mol. The Morgan fingerprint density at radius 1 is 0.919 bits per heavy atom. The number of amides is 4. The van der Waals surface area contributed by atoms with E-state index in [1.807, 2.05) is 0 Å². The SMILES string of the molecule is CCOc1cc(/C=C2\C(=O)NC(=O)N(c3ccc(Br)cc3)C2=O)cc(Cl)c1OCc1ccc(Cl)c(Cl)c1. The molecule has 190 valence electrons. The van der Waals surface area contributed by atoms with E-state index in [0.29, 0.717) is 33.7 Å². The maximum absolute atomic E-state index is 13.2. The van der Waals surface area contributed by atoms with Crippen LogP contribution in [0.4, 0.5) is 10.5 Å². The van der Waals surface area contributed by atoms with Gasteiger partial charge < -0.3 is 9.47 Å². The van der Waals surface area contributed by atoms with Crippen LogP contribution < -0.4 is 19.7 Å². The molecule has 0 saturated carbocycles. The van der Waals surface area contributed by atoms with Gasteiger partial charge >= 0.3 is 6.03 Å². The molecule has 3 aromatic rings. The molecule has 0 atom stereocenters. The predicted molar refractivity (Wildman–Crippen MR) is 147 cm³/mol. The highest BCUT2D eigenvalue weighted by molar-refractivity contribution is 9.10. The van der Waals surface area contributed by atoms with Gasteiger partial charge in [0.15, 0.2) is 11.5 Å². The Morgan fingerprint density at radius 3 is 2.32 bits per heavy atom. The van der Waals surface area contributed by atoms with Crippen LogP contribution in [-0.4, -0.2) is 24.5 Å². The zero-order valence-electron chi connectivity index (χ0n) is 19.2. The molecule has 0 aliphatic carbocycles. The van der Waals surface area contributed by atoms with Crippen molar-refractivity contribution in [3.8, 4) is 11.5 Å². The summed E-state index contributed by atoms with van der Waals surface area (Å²) in [6.45, 7) is 2.24. The molecule has 11 heteroatoms. The van der Waals surface area contributed by atoms with E-state index in [4.69, 9.17) is 44.3 Å². The number of benzene rings is 3. The van der Waals surface area contributed by atoms with Gasteiger partial charge in [0.05, 0.1) is 27.4 Å². The predicted octanol–water partition coefficient (Wildman–Crippen LogP) is 7.05. The van der Waals surface area contributed by atoms with Crippen LogP contribution in [0.3, 0.4) is 0 Å². The van der Waals surface area contributed by atoms with E-state index in [-0.39, 0.29) is 23.0 Å². The number of carbonyl (C=O) groups is 3. The third kappa shape index (κ3) is 6.10. The summed E-state index contributed by atoms with van der Waals surface area (Å²) < 4.78 is 12.4. The van der Waals surface area contributed by atoms with E-state index in [0.717, 1.165) is 14.9 Å². The molecule has 1 N–H and O–H groups in total. The summed E-state index contributed by atoms with van der Waals surface area (Å²) in [6.07, 6.45) is 1.34. The number of hydrogen-bond acceptors (Lipinski definition) is 5. The van der Waals surface area contributed by atoms with Gasteiger partial charge in [0.25, 0.3) is 11.8 Å². The van der Waals surface area contributed by atoms with Crippen LogP contribution in [0.25, 0.3) is 6.08 Å². The van der Waals surface area contributed by atoms with Crippen molar-refractivity contribution in [1.82, 2.24) is 5.32 Å². The van der Waals surface area contributed by atoms with Crippen LogP contribution in [0, 0.1) is 0 Å². The minimum absolute atomic E-state index is 0.141.